The van der Waals surface area contributed by atoms with Crippen LogP contribution in [0.5, 0.6) is 0 Å². The Balaban J connectivity index is 2.18. The van der Waals surface area contributed by atoms with Gasteiger partial charge >= 0.3 is 0 Å². The molecule has 0 bridgehead atoms. The van der Waals surface area contributed by atoms with Crippen molar-refractivity contribution < 1.29 is 0 Å². The first-order valence-electron chi connectivity index (χ1n) is 5.94. The second-order valence-electron chi connectivity index (χ2n) is 3.90. The van der Waals surface area contributed by atoms with Crippen molar-refractivity contribution in [1.82, 2.24) is 5.43 Å². The van der Waals surface area contributed by atoms with E-state index in [1.165, 1.54) is 12.0 Å². The van der Waals surface area contributed by atoms with Gasteiger partial charge in [-0.05, 0) is 30.6 Å². The van der Waals surface area contributed by atoms with E-state index in [2.05, 4.69) is 42.7 Å². The minimum Gasteiger partial charge on any atom is -0.271 e. The summed E-state index contributed by atoms with van der Waals surface area (Å²) in [6, 6.07) is 11.1. The lowest BCUT2D eigenvalue weighted by molar-refractivity contribution is 0.520. The lowest BCUT2D eigenvalue weighted by Gasteiger charge is -2.14. The molecule has 3 heteroatoms. The lowest BCUT2D eigenvalue weighted by atomic mass is 10.1. The second-order valence-corrected chi connectivity index (χ2v) is 5.22. The van der Waals surface area contributed by atoms with E-state index < -0.39 is 0 Å². The summed E-state index contributed by atoms with van der Waals surface area (Å²) in [6.45, 7) is 2.18. The van der Waals surface area contributed by atoms with Crippen molar-refractivity contribution in [3.05, 3.63) is 35.9 Å². The summed E-state index contributed by atoms with van der Waals surface area (Å²) in [4.78, 5) is 0. The number of hydrogen-bond acceptors (Lipinski definition) is 3. The molecule has 0 aromatic heterocycles. The van der Waals surface area contributed by atoms with Crippen LogP contribution in [0.4, 0.5) is 0 Å². The van der Waals surface area contributed by atoms with Gasteiger partial charge in [0.15, 0.2) is 0 Å². The molecular weight excluding hydrogens is 216 g/mol. The zero-order valence-corrected chi connectivity index (χ0v) is 10.8. The Labute approximate surface area is 103 Å². The van der Waals surface area contributed by atoms with Crippen LogP contribution in [0.1, 0.15) is 25.3 Å². The molecule has 0 aliphatic rings. The van der Waals surface area contributed by atoms with Crippen molar-refractivity contribution >= 4 is 11.8 Å². The van der Waals surface area contributed by atoms with Crippen LogP contribution in [-0.2, 0) is 6.42 Å². The highest BCUT2D eigenvalue weighted by molar-refractivity contribution is 7.99. The normalized spacial score (nSPS) is 12.6. The van der Waals surface area contributed by atoms with Gasteiger partial charge in [0.1, 0.15) is 0 Å². The number of nitrogens with one attached hydrogen (secondary N) is 1. The number of hydrogen-bond donors (Lipinski definition) is 2. The van der Waals surface area contributed by atoms with Gasteiger partial charge in [0.2, 0.25) is 0 Å². The van der Waals surface area contributed by atoms with E-state index in [1.807, 2.05) is 11.8 Å². The smallest absolute Gasteiger partial charge is 0.0301 e. The maximum atomic E-state index is 5.53. The lowest BCUT2D eigenvalue weighted by Crippen LogP contribution is -2.37. The zero-order valence-electron chi connectivity index (χ0n) is 9.99. The van der Waals surface area contributed by atoms with Gasteiger partial charge in [0.05, 0.1) is 0 Å². The second kappa shape index (κ2) is 8.62. The fraction of sp³-hybridized carbons (Fsp3) is 0.538. The number of aryl methyl sites for hydroxylation is 1. The van der Waals surface area contributed by atoms with Crippen LogP contribution in [0, 0.1) is 0 Å². The maximum Gasteiger partial charge on any atom is 0.0301 e. The van der Waals surface area contributed by atoms with E-state index in [4.69, 9.17) is 5.84 Å². The molecule has 0 fully saturated rings. The van der Waals surface area contributed by atoms with Crippen molar-refractivity contribution in [1.29, 1.82) is 0 Å². The highest BCUT2D eigenvalue weighted by Crippen LogP contribution is 2.09. The first kappa shape index (κ1) is 13.6. The van der Waals surface area contributed by atoms with Crippen molar-refractivity contribution in [2.45, 2.75) is 32.2 Å². The van der Waals surface area contributed by atoms with Gasteiger partial charge in [0.25, 0.3) is 0 Å². The average molecular weight is 238 g/mol. The average Bonchev–Trinajstić information content (AvgIpc) is 2.35. The fourth-order valence-electron chi connectivity index (χ4n) is 1.67. The van der Waals surface area contributed by atoms with E-state index in [9.17, 15) is 0 Å². The van der Waals surface area contributed by atoms with E-state index >= 15 is 0 Å². The molecule has 2 nitrogen and oxygen atoms in total. The largest absolute Gasteiger partial charge is 0.271 e. The van der Waals surface area contributed by atoms with E-state index in [0.29, 0.717) is 6.04 Å². The molecule has 0 aliphatic heterocycles. The molecular formula is C13H22N2S. The summed E-state index contributed by atoms with van der Waals surface area (Å²) in [7, 11) is 0. The molecule has 1 aromatic carbocycles. The third-order valence-electron chi connectivity index (χ3n) is 2.62. The molecule has 90 valence electrons. The Morgan fingerprint density at radius 3 is 2.69 bits per heavy atom. The van der Waals surface area contributed by atoms with Gasteiger partial charge in [0, 0.05) is 11.8 Å². The van der Waals surface area contributed by atoms with E-state index in [0.717, 1.165) is 24.3 Å². The Morgan fingerprint density at radius 1 is 1.31 bits per heavy atom. The van der Waals surface area contributed by atoms with Crippen LogP contribution in [-0.4, -0.2) is 17.5 Å². The molecule has 1 rings (SSSR count). The van der Waals surface area contributed by atoms with Crippen molar-refractivity contribution in [2.75, 3.05) is 11.5 Å². The topological polar surface area (TPSA) is 38.0 Å². The first-order valence-corrected chi connectivity index (χ1v) is 7.10. The quantitative estimate of drug-likeness (QED) is 0.540. The summed E-state index contributed by atoms with van der Waals surface area (Å²) in [5, 5.41) is 0. The Kier molecular flexibility index (Phi) is 7.30. The highest BCUT2D eigenvalue weighted by atomic mass is 32.2. The fourth-order valence-corrected chi connectivity index (χ4v) is 2.46. The van der Waals surface area contributed by atoms with Crippen molar-refractivity contribution in [3.63, 3.8) is 0 Å². The predicted molar refractivity (Wildman–Crippen MR) is 73.5 cm³/mol. The third-order valence-corrected chi connectivity index (χ3v) is 3.67. The molecule has 0 spiro atoms. The Morgan fingerprint density at radius 2 is 2.06 bits per heavy atom. The molecule has 0 amide bonds. The summed E-state index contributed by atoms with van der Waals surface area (Å²) in [5.74, 6) is 7.81. The van der Waals surface area contributed by atoms with Gasteiger partial charge in [-0.1, -0.05) is 37.3 Å². The van der Waals surface area contributed by atoms with Crippen LogP contribution < -0.4 is 11.3 Å². The molecule has 0 radical (unpaired) electrons. The predicted octanol–water partition coefficient (Wildman–Crippen LogP) is 2.59. The minimum absolute atomic E-state index is 0.452. The van der Waals surface area contributed by atoms with Gasteiger partial charge in [-0.25, -0.2) is 0 Å². The minimum atomic E-state index is 0.452. The standard InChI is InChI=1S/C13H22N2S/c1-2-16-11-13(15-14)10-6-9-12-7-4-3-5-8-12/h3-5,7-8,13,15H,2,6,9-11,14H2,1H3. The molecule has 0 heterocycles. The van der Waals surface area contributed by atoms with E-state index in [-0.39, 0.29) is 0 Å². The van der Waals surface area contributed by atoms with Crippen LogP contribution in [0.15, 0.2) is 30.3 Å². The molecule has 1 aromatic rings. The summed E-state index contributed by atoms with van der Waals surface area (Å²) in [5.41, 5.74) is 4.32. The molecule has 1 atom stereocenters. The number of rotatable bonds is 8. The number of thioether (sulfide) groups is 1. The number of benzene rings is 1. The zero-order chi connectivity index (χ0) is 11.6. The van der Waals surface area contributed by atoms with Crippen LogP contribution >= 0.6 is 11.8 Å². The highest BCUT2D eigenvalue weighted by Gasteiger charge is 2.05. The monoisotopic (exact) mass is 238 g/mol. The Hall–Kier alpha value is -0.510. The van der Waals surface area contributed by atoms with Gasteiger partial charge < -0.3 is 0 Å². The van der Waals surface area contributed by atoms with Gasteiger partial charge in [-0.2, -0.15) is 11.8 Å². The first-order chi connectivity index (χ1) is 7.86. The molecule has 1 unspecified atom stereocenters. The Bertz CT molecular complexity index is 264. The molecule has 0 saturated carbocycles. The van der Waals surface area contributed by atoms with Crippen LogP contribution in [0.25, 0.3) is 0 Å². The molecule has 0 saturated heterocycles. The van der Waals surface area contributed by atoms with Gasteiger partial charge in [-0.15, -0.1) is 0 Å². The van der Waals surface area contributed by atoms with Crippen LogP contribution in [0.2, 0.25) is 0 Å². The van der Waals surface area contributed by atoms with Crippen molar-refractivity contribution in [2.24, 2.45) is 5.84 Å². The summed E-state index contributed by atoms with van der Waals surface area (Å²) < 4.78 is 0. The number of hydrazine groups is 1. The molecule has 0 aliphatic carbocycles. The summed E-state index contributed by atoms with van der Waals surface area (Å²) >= 11 is 1.94. The van der Waals surface area contributed by atoms with Crippen LogP contribution in [0.3, 0.4) is 0 Å². The molecule has 3 N–H and O–H groups in total. The third kappa shape index (κ3) is 5.54. The SMILES string of the molecule is CCSCC(CCCc1ccccc1)NN. The van der Waals surface area contributed by atoms with Gasteiger partial charge in [-0.3, -0.25) is 11.3 Å². The number of nitrogens with two attached hydrogens (primary N) is 1. The summed E-state index contributed by atoms with van der Waals surface area (Å²) in [6.07, 6.45) is 3.50. The maximum absolute atomic E-state index is 5.53. The molecule has 16 heavy (non-hydrogen) atoms. The van der Waals surface area contributed by atoms with E-state index in [1.54, 1.807) is 0 Å². The van der Waals surface area contributed by atoms with Crippen molar-refractivity contribution in [3.8, 4) is 0 Å².